The lowest BCUT2D eigenvalue weighted by Crippen LogP contribution is -2.17. The van der Waals surface area contributed by atoms with Crippen molar-refractivity contribution in [2.45, 2.75) is 32.2 Å². The fraction of sp³-hybridized carbons (Fsp3) is 0.296. The van der Waals surface area contributed by atoms with Crippen molar-refractivity contribution in [3.8, 4) is 10.7 Å². The van der Waals surface area contributed by atoms with Gasteiger partial charge in [-0.1, -0.05) is 12.1 Å². The van der Waals surface area contributed by atoms with Crippen molar-refractivity contribution in [1.82, 2.24) is 29.5 Å². The van der Waals surface area contributed by atoms with Gasteiger partial charge in [-0.25, -0.2) is 19.9 Å². The maximum Gasteiger partial charge on any atom is 0.143 e. The van der Waals surface area contributed by atoms with Crippen LogP contribution in [0.5, 0.6) is 0 Å². The van der Waals surface area contributed by atoms with E-state index in [2.05, 4.69) is 44.6 Å². The molecule has 37 heavy (non-hydrogen) atoms. The van der Waals surface area contributed by atoms with Gasteiger partial charge in [-0.2, -0.15) is 0 Å². The number of hydrogen-bond acceptors (Lipinski definition) is 9. The molecule has 5 aromatic heterocycles. The first kappa shape index (κ1) is 23.5. The van der Waals surface area contributed by atoms with Crippen molar-refractivity contribution < 1.29 is 4.74 Å². The van der Waals surface area contributed by atoms with Crippen LogP contribution in [0, 0.1) is 6.92 Å². The van der Waals surface area contributed by atoms with E-state index in [1.807, 2.05) is 48.4 Å². The highest BCUT2D eigenvalue weighted by atomic mass is 32.1. The molecule has 0 amide bonds. The zero-order chi connectivity index (χ0) is 25.2. The topological polar surface area (TPSA) is 103 Å². The van der Waals surface area contributed by atoms with Crippen LogP contribution in [0.25, 0.3) is 20.9 Å². The standard InChI is InChI=1S/C27H28N8OS/c1-17-4-3-9-29-25(17)27-32-20-14-23(30-15-21(20)37-27)33-22-6-5-19(18-7-12-36-13-8-18)26(34-22)31-16-24-28-10-11-35(24)2/h3-6,9-11,14-15,18H,7-8,12-13,16H2,1-2H3,(H2,30,31,33,34). The first-order chi connectivity index (χ1) is 18.1. The van der Waals surface area contributed by atoms with Crippen LogP contribution in [-0.4, -0.2) is 42.7 Å². The Balaban J connectivity index is 1.27. The van der Waals surface area contributed by atoms with Gasteiger partial charge in [0, 0.05) is 51.1 Å². The second-order valence-corrected chi connectivity index (χ2v) is 10.2. The summed E-state index contributed by atoms with van der Waals surface area (Å²) >= 11 is 1.60. The molecule has 188 valence electrons. The number of nitrogens with one attached hydrogen (secondary N) is 2. The SMILES string of the molecule is Cc1cccnc1-c1nc2cc(Nc3ccc(C4CCOCC4)c(NCc4nccn4C)n3)ncc2s1. The third-order valence-corrected chi connectivity index (χ3v) is 7.68. The molecule has 2 N–H and O–H groups in total. The normalized spacial score (nSPS) is 14.2. The molecule has 0 unspecified atom stereocenters. The van der Waals surface area contributed by atoms with Gasteiger partial charge in [0.2, 0.25) is 0 Å². The number of pyridine rings is 3. The monoisotopic (exact) mass is 512 g/mol. The Morgan fingerprint density at radius 1 is 1.05 bits per heavy atom. The molecule has 10 heteroatoms. The summed E-state index contributed by atoms with van der Waals surface area (Å²) in [5.74, 6) is 3.65. The second-order valence-electron chi connectivity index (χ2n) is 9.18. The molecule has 1 fully saturated rings. The fourth-order valence-electron chi connectivity index (χ4n) is 4.59. The third kappa shape index (κ3) is 5.03. The minimum absolute atomic E-state index is 0.414. The van der Waals surface area contributed by atoms with E-state index >= 15 is 0 Å². The summed E-state index contributed by atoms with van der Waals surface area (Å²) in [6.45, 7) is 4.20. The Bertz CT molecular complexity index is 1540. The number of fused-ring (bicyclic) bond motifs is 1. The predicted octanol–water partition coefficient (Wildman–Crippen LogP) is 5.44. The molecule has 5 aromatic rings. The molecule has 0 spiro atoms. The molecule has 1 aliphatic heterocycles. The molecule has 1 saturated heterocycles. The lowest BCUT2D eigenvalue weighted by atomic mass is 9.92. The molecule has 6 heterocycles. The summed E-state index contributed by atoms with van der Waals surface area (Å²) in [5.41, 5.74) is 4.11. The van der Waals surface area contributed by atoms with E-state index in [0.717, 1.165) is 70.0 Å². The Kier molecular flexibility index (Phi) is 6.50. The predicted molar refractivity (Wildman–Crippen MR) is 146 cm³/mol. The minimum Gasteiger partial charge on any atom is -0.381 e. The molecule has 6 rings (SSSR count). The maximum atomic E-state index is 5.59. The third-order valence-electron chi connectivity index (χ3n) is 6.67. The summed E-state index contributed by atoms with van der Waals surface area (Å²) in [5, 5.41) is 7.79. The highest BCUT2D eigenvalue weighted by Crippen LogP contribution is 2.34. The van der Waals surface area contributed by atoms with Gasteiger partial charge in [-0.15, -0.1) is 11.3 Å². The lowest BCUT2D eigenvalue weighted by Gasteiger charge is -2.24. The molecule has 0 aromatic carbocycles. The Hall–Kier alpha value is -3.89. The van der Waals surface area contributed by atoms with Crippen LogP contribution in [-0.2, 0) is 18.3 Å². The number of imidazole rings is 1. The van der Waals surface area contributed by atoms with Crippen molar-refractivity contribution in [3.05, 3.63) is 72.1 Å². The maximum absolute atomic E-state index is 5.59. The van der Waals surface area contributed by atoms with Crippen LogP contribution in [0.15, 0.2) is 55.1 Å². The Morgan fingerprint density at radius 2 is 1.95 bits per heavy atom. The van der Waals surface area contributed by atoms with Crippen molar-refractivity contribution >= 4 is 39.0 Å². The molecule has 0 radical (unpaired) electrons. The summed E-state index contributed by atoms with van der Waals surface area (Å²) in [6.07, 6.45) is 9.39. The lowest BCUT2D eigenvalue weighted by molar-refractivity contribution is 0.0854. The summed E-state index contributed by atoms with van der Waals surface area (Å²) in [6, 6.07) is 10.1. The zero-order valence-electron chi connectivity index (χ0n) is 20.8. The van der Waals surface area contributed by atoms with E-state index in [-0.39, 0.29) is 0 Å². The summed E-state index contributed by atoms with van der Waals surface area (Å²) < 4.78 is 8.62. The van der Waals surface area contributed by atoms with Crippen LogP contribution in [0.1, 0.15) is 35.7 Å². The Morgan fingerprint density at radius 3 is 2.76 bits per heavy atom. The molecule has 0 saturated carbocycles. The van der Waals surface area contributed by atoms with Gasteiger partial charge in [-0.3, -0.25) is 4.98 Å². The van der Waals surface area contributed by atoms with Gasteiger partial charge >= 0.3 is 0 Å². The highest BCUT2D eigenvalue weighted by molar-refractivity contribution is 7.21. The van der Waals surface area contributed by atoms with Crippen molar-refractivity contribution in [1.29, 1.82) is 0 Å². The van der Waals surface area contributed by atoms with Crippen molar-refractivity contribution in [2.24, 2.45) is 7.05 Å². The molecular formula is C27H28N8OS. The molecule has 1 aliphatic rings. The second kappa shape index (κ2) is 10.2. The van der Waals surface area contributed by atoms with Gasteiger partial charge in [0.15, 0.2) is 0 Å². The molecule has 0 aliphatic carbocycles. The Labute approximate surface area is 219 Å². The molecule has 9 nitrogen and oxygen atoms in total. The van der Waals surface area contributed by atoms with E-state index in [4.69, 9.17) is 14.7 Å². The number of ether oxygens (including phenoxy) is 1. The zero-order valence-corrected chi connectivity index (χ0v) is 21.6. The number of nitrogens with zero attached hydrogens (tertiary/aromatic N) is 6. The van der Waals surface area contributed by atoms with Crippen molar-refractivity contribution in [2.75, 3.05) is 23.8 Å². The molecule has 0 atom stereocenters. The highest BCUT2D eigenvalue weighted by Gasteiger charge is 2.21. The summed E-state index contributed by atoms with van der Waals surface area (Å²) in [7, 11) is 2.00. The van der Waals surface area contributed by atoms with Gasteiger partial charge < -0.3 is 19.9 Å². The average molecular weight is 513 g/mol. The average Bonchev–Trinajstić information content (AvgIpc) is 3.53. The first-order valence-electron chi connectivity index (χ1n) is 12.4. The van der Waals surface area contributed by atoms with Gasteiger partial charge in [0.05, 0.1) is 16.8 Å². The first-order valence-corrected chi connectivity index (χ1v) is 13.2. The van der Waals surface area contributed by atoms with Gasteiger partial charge in [0.25, 0.3) is 0 Å². The van der Waals surface area contributed by atoms with Crippen LogP contribution in [0.3, 0.4) is 0 Å². The van der Waals surface area contributed by atoms with E-state index < -0.39 is 0 Å². The van der Waals surface area contributed by atoms with Crippen LogP contribution >= 0.6 is 11.3 Å². The van der Waals surface area contributed by atoms with E-state index in [1.54, 1.807) is 17.5 Å². The number of aromatic nitrogens is 6. The number of aryl methyl sites for hydroxylation is 2. The largest absolute Gasteiger partial charge is 0.381 e. The summed E-state index contributed by atoms with van der Waals surface area (Å²) in [4.78, 5) is 23.3. The minimum atomic E-state index is 0.414. The molecule has 0 bridgehead atoms. The van der Waals surface area contributed by atoms with E-state index in [9.17, 15) is 0 Å². The number of rotatable bonds is 7. The van der Waals surface area contributed by atoms with Crippen molar-refractivity contribution in [3.63, 3.8) is 0 Å². The van der Waals surface area contributed by atoms with E-state index in [1.165, 1.54) is 5.56 Å². The van der Waals surface area contributed by atoms with Crippen LogP contribution in [0.4, 0.5) is 17.5 Å². The van der Waals surface area contributed by atoms with Crippen LogP contribution in [0.2, 0.25) is 0 Å². The van der Waals surface area contributed by atoms with Gasteiger partial charge in [0.1, 0.15) is 34.0 Å². The molecular weight excluding hydrogens is 484 g/mol. The van der Waals surface area contributed by atoms with Gasteiger partial charge in [-0.05, 0) is 48.9 Å². The van der Waals surface area contributed by atoms with E-state index in [0.29, 0.717) is 18.3 Å². The fourth-order valence-corrected chi connectivity index (χ4v) is 5.57. The number of hydrogen-bond donors (Lipinski definition) is 2. The van der Waals surface area contributed by atoms with Crippen LogP contribution < -0.4 is 10.6 Å². The smallest absolute Gasteiger partial charge is 0.143 e. The quantitative estimate of drug-likeness (QED) is 0.297. The number of thiazole rings is 1. The number of anilines is 3.